The van der Waals surface area contributed by atoms with E-state index in [1.54, 1.807) is 12.1 Å². The third-order valence-electron chi connectivity index (χ3n) is 2.66. The lowest BCUT2D eigenvalue weighted by Crippen LogP contribution is -2.32. The van der Waals surface area contributed by atoms with E-state index in [0.717, 1.165) is 12.8 Å². The minimum atomic E-state index is -1.10. The van der Waals surface area contributed by atoms with Crippen LogP contribution < -0.4 is 10.6 Å². The summed E-state index contributed by atoms with van der Waals surface area (Å²) in [5.41, 5.74) is 0.258. The van der Waals surface area contributed by atoms with Crippen molar-refractivity contribution in [2.75, 3.05) is 25.1 Å². The molecule has 0 fully saturated rings. The fraction of sp³-hybridized carbons (Fsp3) is 0.429. The van der Waals surface area contributed by atoms with Crippen molar-refractivity contribution in [3.63, 3.8) is 0 Å². The average Bonchev–Trinajstić information content (AvgIpc) is 2.44. The predicted octanol–water partition coefficient (Wildman–Crippen LogP) is 3.09. The second-order valence-electron chi connectivity index (χ2n) is 4.31. The van der Waals surface area contributed by atoms with E-state index in [1.807, 2.05) is 0 Å². The minimum absolute atomic E-state index is 0.0266. The first-order chi connectivity index (χ1) is 10.1. The molecule has 0 saturated heterocycles. The third-order valence-corrected chi connectivity index (χ3v) is 3.32. The Morgan fingerprint density at radius 2 is 2.10 bits per heavy atom. The molecule has 2 amide bonds. The van der Waals surface area contributed by atoms with Crippen LogP contribution in [-0.2, 0) is 4.74 Å². The van der Waals surface area contributed by atoms with Crippen molar-refractivity contribution in [3.8, 4) is 0 Å². The summed E-state index contributed by atoms with van der Waals surface area (Å²) in [4.78, 5) is 22.8. The number of hydrogen-bond acceptors (Lipinski definition) is 3. The summed E-state index contributed by atoms with van der Waals surface area (Å²) < 4.78 is 5.83. The number of halogens is 1. The highest BCUT2D eigenvalue weighted by Crippen LogP contribution is 2.26. The SMILES string of the molecule is CCCCOCCNC(=O)Nc1c(Br)cccc1C(=O)O. The number of hydrogen-bond donors (Lipinski definition) is 3. The lowest BCUT2D eigenvalue weighted by atomic mass is 10.2. The predicted molar refractivity (Wildman–Crippen MR) is 83.8 cm³/mol. The van der Waals surface area contributed by atoms with E-state index in [9.17, 15) is 9.59 Å². The Morgan fingerprint density at radius 3 is 2.76 bits per heavy atom. The van der Waals surface area contributed by atoms with Crippen LogP contribution >= 0.6 is 15.9 Å². The van der Waals surface area contributed by atoms with E-state index in [-0.39, 0.29) is 11.3 Å². The van der Waals surface area contributed by atoms with Crippen molar-refractivity contribution in [1.29, 1.82) is 0 Å². The van der Waals surface area contributed by atoms with Gasteiger partial charge >= 0.3 is 12.0 Å². The van der Waals surface area contributed by atoms with Gasteiger partial charge in [-0.1, -0.05) is 19.4 Å². The van der Waals surface area contributed by atoms with Crippen molar-refractivity contribution < 1.29 is 19.4 Å². The fourth-order valence-electron chi connectivity index (χ4n) is 1.57. The van der Waals surface area contributed by atoms with Crippen LogP contribution in [0.4, 0.5) is 10.5 Å². The second-order valence-corrected chi connectivity index (χ2v) is 5.17. The largest absolute Gasteiger partial charge is 0.478 e. The molecule has 0 aliphatic carbocycles. The molecule has 7 heteroatoms. The second kappa shape index (κ2) is 9.36. The summed E-state index contributed by atoms with van der Waals surface area (Å²) in [6, 6.07) is 4.22. The smallest absolute Gasteiger partial charge is 0.337 e. The van der Waals surface area contributed by atoms with Crippen LogP contribution in [0.1, 0.15) is 30.1 Å². The first kappa shape index (κ1) is 17.5. The van der Waals surface area contributed by atoms with E-state index in [1.165, 1.54) is 6.07 Å². The van der Waals surface area contributed by atoms with Gasteiger partial charge in [-0.25, -0.2) is 9.59 Å². The molecule has 0 bridgehead atoms. The molecule has 0 aliphatic heterocycles. The normalized spacial score (nSPS) is 10.2. The quantitative estimate of drug-likeness (QED) is 0.623. The number of carboxylic acids is 1. The number of carbonyl (C=O) groups is 2. The number of benzene rings is 1. The molecule has 1 aromatic carbocycles. The number of urea groups is 1. The molecule has 0 heterocycles. The molecule has 1 rings (SSSR count). The van der Waals surface area contributed by atoms with Gasteiger partial charge in [0, 0.05) is 17.6 Å². The first-order valence-corrected chi connectivity index (χ1v) is 7.50. The van der Waals surface area contributed by atoms with E-state index >= 15 is 0 Å². The molecular weight excluding hydrogens is 340 g/mol. The first-order valence-electron chi connectivity index (χ1n) is 6.70. The molecule has 3 N–H and O–H groups in total. The van der Waals surface area contributed by atoms with Crippen LogP contribution in [0.3, 0.4) is 0 Å². The summed E-state index contributed by atoms with van der Waals surface area (Å²) >= 11 is 3.22. The number of nitrogens with one attached hydrogen (secondary N) is 2. The zero-order valence-corrected chi connectivity index (χ0v) is 13.4. The van der Waals surface area contributed by atoms with Gasteiger partial charge in [0.05, 0.1) is 17.9 Å². The van der Waals surface area contributed by atoms with Gasteiger partial charge in [0.15, 0.2) is 0 Å². The van der Waals surface area contributed by atoms with Gasteiger partial charge in [-0.2, -0.15) is 0 Å². The molecule has 1 aromatic rings. The van der Waals surface area contributed by atoms with Crippen LogP contribution in [-0.4, -0.2) is 36.9 Å². The Balaban J connectivity index is 2.46. The number of carboxylic acid groups (broad SMARTS) is 1. The van der Waals surface area contributed by atoms with E-state index in [2.05, 4.69) is 33.5 Å². The van der Waals surface area contributed by atoms with E-state index in [0.29, 0.717) is 24.2 Å². The topological polar surface area (TPSA) is 87.7 Å². The number of carbonyl (C=O) groups excluding carboxylic acids is 1. The maximum absolute atomic E-state index is 11.7. The van der Waals surface area contributed by atoms with Crippen LogP contribution in [0.5, 0.6) is 0 Å². The highest BCUT2D eigenvalue weighted by atomic mass is 79.9. The molecule has 0 saturated carbocycles. The number of unbranched alkanes of at least 4 members (excludes halogenated alkanes) is 1. The van der Waals surface area contributed by atoms with Crippen LogP contribution in [0.2, 0.25) is 0 Å². The van der Waals surface area contributed by atoms with Crippen LogP contribution in [0.15, 0.2) is 22.7 Å². The number of aromatic carboxylic acids is 1. The molecule has 0 aromatic heterocycles. The average molecular weight is 359 g/mol. The lowest BCUT2D eigenvalue weighted by Gasteiger charge is -2.11. The molecule has 0 radical (unpaired) electrons. The summed E-state index contributed by atoms with van der Waals surface area (Å²) in [6.45, 7) is 3.54. The molecule has 0 unspecified atom stereocenters. The monoisotopic (exact) mass is 358 g/mol. The van der Waals surface area contributed by atoms with Gasteiger partial charge < -0.3 is 20.5 Å². The Hall–Kier alpha value is -1.60. The molecule has 0 atom stereocenters. The number of anilines is 1. The molecule has 21 heavy (non-hydrogen) atoms. The molecule has 0 spiro atoms. The fourth-order valence-corrected chi connectivity index (χ4v) is 2.04. The van der Waals surface area contributed by atoms with Crippen molar-refractivity contribution in [1.82, 2.24) is 5.32 Å². The zero-order chi connectivity index (χ0) is 15.7. The van der Waals surface area contributed by atoms with E-state index in [4.69, 9.17) is 9.84 Å². The van der Waals surface area contributed by atoms with Crippen molar-refractivity contribution in [2.24, 2.45) is 0 Å². The molecule has 116 valence electrons. The zero-order valence-electron chi connectivity index (χ0n) is 11.8. The van der Waals surface area contributed by atoms with Gasteiger partial charge in [0.1, 0.15) is 0 Å². The maximum Gasteiger partial charge on any atom is 0.337 e. The molecule has 6 nitrogen and oxygen atoms in total. The Kier molecular flexibility index (Phi) is 7.78. The maximum atomic E-state index is 11.7. The van der Waals surface area contributed by atoms with Crippen molar-refractivity contribution in [3.05, 3.63) is 28.2 Å². The Labute approximate surface area is 132 Å². The highest BCUT2D eigenvalue weighted by Gasteiger charge is 2.14. The Bertz CT molecular complexity index is 494. The van der Waals surface area contributed by atoms with Gasteiger partial charge in [0.2, 0.25) is 0 Å². The Morgan fingerprint density at radius 1 is 1.33 bits per heavy atom. The summed E-state index contributed by atoms with van der Waals surface area (Å²) in [5.74, 6) is -1.10. The summed E-state index contributed by atoms with van der Waals surface area (Å²) in [6.07, 6.45) is 2.05. The summed E-state index contributed by atoms with van der Waals surface area (Å²) in [7, 11) is 0. The van der Waals surface area contributed by atoms with Gasteiger partial charge in [-0.3, -0.25) is 0 Å². The number of para-hydroxylation sites is 1. The number of ether oxygens (including phenoxy) is 1. The summed E-state index contributed by atoms with van der Waals surface area (Å²) in [5, 5.41) is 14.2. The van der Waals surface area contributed by atoms with Crippen molar-refractivity contribution in [2.45, 2.75) is 19.8 Å². The van der Waals surface area contributed by atoms with E-state index < -0.39 is 12.0 Å². The van der Waals surface area contributed by atoms with Crippen LogP contribution in [0.25, 0.3) is 0 Å². The minimum Gasteiger partial charge on any atom is -0.478 e. The van der Waals surface area contributed by atoms with Crippen LogP contribution in [0, 0.1) is 0 Å². The molecule has 0 aliphatic rings. The number of rotatable bonds is 8. The van der Waals surface area contributed by atoms with Gasteiger partial charge in [-0.05, 0) is 34.5 Å². The third kappa shape index (κ3) is 6.14. The van der Waals surface area contributed by atoms with Gasteiger partial charge in [0.25, 0.3) is 0 Å². The standard InChI is InChI=1S/C14H19BrN2O4/c1-2-3-8-21-9-7-16-14(20)17-12-10(13(18)19)5-4-6-11(12)15/h4-6H,2-3,7-9H2,1H3,(H,18,19)(H2,16,17,20). The molecular formula is C14H19BrN2O4. The highest BCUT2D eigenvalue weighted by molar-refractivity contribution is 9.10. The van der Waals surface area contributed by atoms with Gasteiger partial charge in [-0.15, -0.1) is 0 Å². The van der Waals surface area contributed by atoms with Crippen molar-refractivity contribution >= 4 is 33.6 Å². The number of amides is 2. The lowest BCUT2D eigenvalue weighted by molar-refractivity contribution is 0.0698.